The molecule has 1 heteroatoms. The Morgan fingerprint density at radius 3 is 2.61 bits per heavy atom. The molecule has 2 bridgehead atoms. The van der Waals surface area contributed by atoms with E-state index in [2.05, 4.69) is 27.7 Å². The Bertz CT molecular complexity index is 370. The van der Waals surface area contributed by atoms with Gasteiger partial charge in [-0.1, -0.05) is 34.1 Å². The number of hydrogen-bond donors (Lipinski definition) is 0. The summed E-state index contributed by atoms with van der Waals surface area (Å²) in [4.78, 5) is 13.0. The zero-order chi connectivity index (χ0) is 13.1. The molecule has 3 aliphatic rings. The molecule has 5 atom stereocenters. The van der Waals surface area contributed by atoms with Gasteiger partial charge in [-0.15, -0.1) is 0 Å². The van der Waals surface area contributed by atoms with Gasteiger partial charge in [-0.3, -0.25) is 4.79 Å². The van der Waals surface area contributed by atoms with Crippen LogP contribution < -0.4 is 0 Å². The van der Waals surface area contributed by atoms with Crippen LogP contribution in [0.2, 0.25) is 0 Å². The standard InChI is InChI=1S/C17H28O/c1-5-16(2,3)15(18)17(4)10-11-9-14(17)13-8-6-7-12(11)13/h11-14H,5-10H2,1-4H3. The first kappa shape index (κ1) is 12.7. The summed E-state index contributed by atoms with van der Waals surface area (Å²) in [5.41, 5.74) is -0.108. The van der Waals surface area contributed by atoms with E-state index in [0.29, 0.717) is 11.7 Å². The van der Waals surface area contributed by atoms with Crippen molar-refractivity contribution in [1.82, 2.24) is 0 Å². The Balaban J connectivity index is 1.87. The van der Waals surface area contributed by atoms with Crippen LogP contribution in [0.1, 0.15) is 66.2 Å². The molecule has 0 spiro atoms. The number of fused-ring (bicyclic) bond motifs is 5. The van der Waals surface area contributed by atoms with E-state index in [1.165, 1.54) is 32.1 Å². The van der Waals surface area contributed by atoms with Gasteiger partial charge in [-0.05, 0) is 55.8 Å². The van der Waals surface area contributed by atoms with Crippen molar-refractivity contribution in [2.75, 3.05) is 0 Å². The number of hydrogen-bond acceptors (Lipinski definition) is 1. The number of Topliss-reactive ketones (excluding diaryl/α,β-unsaturated/α-hetero) is 1. The molecule has 3 rings (SSSR count). The summed E-state index contributed by atoms with van der Waals surface area (Å²) in [6, 6.07) is 0. The summed E-state index contributed by atoms with van der Waals surface area (Å²) in [5.74, 6) is 4.04. The summed E-state index contributed by atoms with van der Waals surface area (Å²) >= 11 is 0. The SMILES string of the molecule is CCC(C)(C)C(=O)C1(C)CC2CC1C1CCCC21. The zero-order valence-electron chi connectivity index (χ0n) is 12.5. The Morgan fingerprint density at radius 2 is 1.94 bits per heavy atom. The first-order valence-electron chi connectivity index (χ1n) is 7.95. The van der Waals surface area contributed by atoms with Gasteiger partial charge in [0.2, 0.25) is 0 Å². The fourth-order valence-electron chi connectivity index (χ4n) is 5.64. The van der Waals surface area contributed by atoms with Gasteiger partial charge in [-0.25, -0.2) is 0 Å². The van der Waals surface area contributed by atoms with E-state index >= 15 is 0 Å². The second-order valence-corrected chi connectivity index (χ2v) is 8.05. The van der Waals surface area contributed by atoms with Crippen molar-refractivity contribution in [2.45, 2.75) is 66.2 Å². The predicted molar refractivity (Wildman–Crippen MR) is 74.2 cm³/mol. The fourth-order valence-corrected chi connectivity index (χ4v) is 5.64. The molecule has 3 fully saturated rings. The van der Waals surface area contributed by atoms with Crippen LogP contribution in [-0.4, -0.2) is 5.78 Å². The van der Waals surface area contributed by atoms with Crippen molar-refractivity contribution in [3.8, 4) is 0 Å². The van der Waals surface area contributed by atoms with E-state index in [9.17, 15) is 4.79 Å². The molecule has 0 aromatic heterocycles. The maximum absolute atomic E-state index is 13.0. The highest BCUT2D eigenvalue weighted by Crippen LogP contribution is 2.66. The lowest BCUT2D eigenvalue weighted by Gasteiger charge is -2.43. The molecule has 0 aromatic carbocycles. The van der Waals surface area contributed by atoms with Crippen LogP contribution in [0, 0.1) is 34.5 Å². The van der Waals surface area contributed by atoms with Crippen LogP contribution in [-0.2, 0) is 4.79 Å². The van der Waals surface area contributed by atoms with Gasteiger partial charge in [0.25, 0.3) is 0 Å². The molecule has 0 N–H and O–H groups in total. The first-order chi connectivity index (χ1) is 8.40. The second-order valence-electron chi connectivity index (χ2n) is 8.05. The number of ketones is 1. The van der Waals surface area contributed by atoms with Crippen molar-refractivity contribution < 1.29 is 4.79 Å². The Kier molecular flexibility index (Phi) is 2.70. The first-order valence-corrected chi connectivity index (χ1v) is 7.95. The minimum Gasteiger partial charge on any atom is -0.298 e. The summed E-state index contributed by atoms with van der Waals surface area (Å²) in [5, 5.41) is 0. The lowest BCUT2D eigenvalue weighted by molar-refractivity contribution is -0.141. The molecule has 0 radical (unpaired) electrons. The van der Waals surface area contributed by atoms with E-state index in [1.807, 2.05) is 0 Å². The lowest BCUT2D eigenvalue weighted by Crippen LogP contribution is -2.45. The Morgan fingerprint density at radius 1 is 1.28 bits per heavy atom. The van der Waals surface area contributed by atoms with Crippen LogP contribution in [0.4, 0.5) is 0 Å². The van der Waals surface area contributed by atoms with Gasteiger partial charge in [0.1, 0.15) is 5.78 Å². The molecular weight excluding hydrogens is 220 g/mol. The van der Waals surface area contributed by atoms with Crippen molar-refractivity contribution in [1.29, 1.82) is 0 Å². The molecule has 0 heterocycles. The highest BCUT2D eigenvalue weighted by Gasteiger charge is 2.62. The number of carbonyl (C=O) groups is 1. The van der Waals surface area contributed by atoms with Gasteiger partial charge in [-0.2, -0.15) is 0 Å². The van der Waals surface area contributed by atoms with E-state index in [0.717, 1.165) is 24.2 Å². The Hall–Kier alpha value is -0.330. The van der Waals surface area contributed by atoms with Crippen LogP contribution in [0.5, 0.6) is 0 Å². The van der Waals surface area contributed by atoms with E-state index < -0.39 is 0 Å². The smallest absolute Gasteiger partial charge is 0.144 e. The second kappa shape index (κ2) is 3.84. The van der Waals surface area contributed by atoms with E-state index in [-0.39, 0.29) is 10.8 Å². The predicted octanol–water partition coefficient (Wildman–Crippen LogP) is 4.45. The van der Waals surface area contributed by atoms with Gasteiger partial charge in [0.05, 0.1) is 0 Å². The molecule has 3 saturated carbocycles. The molecule has 3 aliphatic carbocycles. The molecule has 5 unspecified atom stereocenters. The third-order valence-electron chi connectivity index (χ3n) is 6.83. The summed E-state index contributed by atoms with van der Waals surface area (Å²) < 4.78 is 0. The average Bonchev–Trinajstić information content (AvgIpc) is 2.98. The third-order valence-corrected chi connectivity index (χ3v) is 6.83. The van der Waals surface area contributed by atoms with E-state index in [1.54, 1.807) is 0 Å². The summed E-state index contributed by atoms with van der Waals surface area (Å²) in [6.07, 6.45) is 7.81. The van der Waals surface area contributed by atoms with Gasteiger partial charge in [0.15, 0.2) is 0 Å². The normalized spacial score (nSPS) is 46.4. The quantitative estimate of drug-likeness (QED) is 0.721. The molecule has 0 aliphatic heterocycles. The molecular formula is C17H28O. The van der Waals surface area contributed by atoms with Crippen LogP contribution >= 0.6 is 0 Å². The van der Waals surface area contributed by atoms with Gasteiger partial charge >= 0.3 is 0 Å². The van der Waals surface area contributed by atoms with Crippen molar-refractivity contribution in [2.24, 2.45) is 34.5 Å². The molecule has 0 aromatic rings. The third kappa shape index (κ3) is 1.48. The van der Waals surface area contributed by atoms with Gasteiger partial charge in [0, 0.05) is 10.8 Å². The minimum atomic E-state index is -0.118. The van der Waals surface area contributed by atoms with Crippen LogP contribution in [0.25, 0.3) is 0 Å². The van der Waals surface area contributed by atoms with E-state index in [4.69, 9.17) is 0 Å². The summed E-state index contributed by atoms with van der Waals surface area (Å²) in [7, 11) is 0. The number of carbonyl (C=O) groups excluding carboxylic acids is 1. The molecule has 102 valence electrons. The lowest BCUT2D eigenvalue weighted by atomic mass is 9.60. The van der Waals surface area contributed by atoms with Crippen LogP contribution in [0.3, 0.4) is 0 Å². The van der Waals surface area contributed by atoms with Gasteiger partial charge < -0.3 is 0 Å². The summed E-state index contributed by atoms with van der Waals surface area (Å²) in [6.45, 7) is 8.76. The largest absolute Gasteiger partial charge is 0.298 e. The van der Waals surface area contributed by atoms with Crippen molar-refractivity contribution in [3.05, 3.63) is 0 Å². The Labute approximate surface area is 112 Å². The van der Waals surface area contributed by atoms with Crippen molar-refractivity contribution in [3.63, 3.8) is 0 Å². The molecule has 18 heavy (non-hydrogen) atoms. The highest BCUT2D eigenvalue weighted by atomic mass is 16.1. The molecule has 0 amide bonds. The maximum atomic E-state index is 13.0. The molecule has 0 saturated heterocycles. The fraction of sp³-hybridized carbons (Fsp3) is 0.941. The minimum absolute atomic E-state index is 0.00961. The number of rotatable bonds is 3. The van der Waals surface area contributed by atoms with Crippen LogP contribution in [0.15, 0.2) is 0 Å². The topological polar surface area (TPSA) is 17.1 Å². The highest BCUT2D eigenvalue weighted by molar-refractivity contribution is 5.90. The maximum Gasteiger partial charge on any atom is 0.144 e. The monoisotopic (exact) mass is 248 g/mol. The van der Waals surface area contributed by atoms with Crippen molar-refractivity contribution >= 4 is 5.78 Å². The zero-order valence-corrected chi connectivity index (χ0v) is 12.5. The average molecular weight is 248 g/mol. The molecule has 1 nitrogen and oxygen atoms in total.